The van der Waals surface area contributed by atoms with E-state index in [1.54, 1.807) is 6.26 Å². The topological polar surface area (TPSA) is 101 Å². The summed E-state index contributed by atoms with van der Waals surface area (Å²) in [5.74, 6) is -2.51. The number of benzene rings is 1. The van der Waals surface area contributed by atoms with Crippen LogP contribution in [0.5, 0.6) is 0 Å². The van der Waals surface area contributed by atoms with Gasteiger partial charge < -0.3 is 14.7 Å². The first-order valence-electron chi connectivity index (χ1n) is 4.52. The largest absolute Gasteiger partial charge is 0.478 e. The van der Waals surface area contributed by atoms with Crippen molar-refractivity contribution in [1.82, 2.24) is 5.16 Å². The first kappa shape index (κ1) is 12.4. The fourth-order valence-corrected chi connectivity index (χ4v) is 0.953. The highest BCUT2D eigenvalue weighted by atomic mass is 16.5. The van der Waals surface area contributed by atoms with Gasteiger partial charge in [-0.2, -0.15) is 0 Å². The second kappa shape index (κ2) is 6.06. The van der Waals surface area contributed by atoms with Gasteiger partial charge in [-0.25, -0.2) is 9.59 Å². The van der Waals surface area contributed by atoms with E-state index >= 15 is 0 Å². The third-order valence-electron chi connectivity index (χ3n) is 1.64. The minimum atomic E-state index is -1.26. The van der Waals surface area contributed by atoms with Crippen LogP contribution in [-0.4, -0.2) is 27.3 Å². The summed E-state index contributed by atoms with van der Waals surface area (Å²) in [6, 6.07) is 7.77. The highest BCUT2D eigenvalue weighted by Gasteiger charge is 1.91. The van der Waals surface area contributed by atoms with Crippen LogP contribution in [0, 0.1) is 0 Å². The van der Waals surface area contributed by atoms with Gasteiger partial charge >= 0.3 is 11.9 Å². The van der Waals surface area contributed by atoms with E-state index in [9.17, 15) is 9.59 Å². The molecule has 0 radical (unpaired) electrons. The Hall–Kier alpha value is -2.63. The number of aromatic nitrogens is 1. The molecule has 0 saturated carbocycles. The maximum absolute atomic E-state index is 9.55. The molecular formula is C11H9NO5. The molecule has 17 heavy (non-hydrogen) atoms. The molecule has 0 spiro atoms. The van der Waals surface area contributed by atoms with Crippen LogP contribution < -0.4 is 0 Å². The van der Waals surface area contributed by atoms with Crippen LogP contribution in [0.25, 0.3) is 10.9 Å². The van der Waals surface area contributed by atoms with E-state index in [0.717, 1.165) is 10.9 Å². The molecule has 1 aromatic carbocycles. The molecule has 0 amide bonds. The van der Waals surface area contributed by atoms with E-state index < -0.39 is 11.9 Å². The Morgan fingerprint density at radius 2 is 1.71 bits per heavy atom. The molecule has 0 atom stereocenters. The zero-order valence-corrected chi connectivity index (χ0v) is 8.61. The number of carbonyl (C=O) groups is 2. The Labute approximate surface area is 95.8 Å². The van der Waals surface area contributed by atoms with Crippen molar-refractivity contribution < 1.29 is 24.3 Å². The monoisotopic (exact) mass is 235 g/mol. The molecule has 0 unspecified atom stereocenters. The highest BCUT2D eigenvalue weighted by molar-refractivity contribution is 5.89. The van der Waals surface area contributed by atoms with Gasteiger partial charge in [-0.15, -0.1) is 0 Å². The molecule has 1 heterocycles. The second-order valence-corrected chi connectivity index (χ2v) is 2.88. The first-order chi connectivity index (χ1) is 8.09. The lowest BCUT2D eigenvalue weighted by Crippen LogP contribution is -1.91. The molecule has 2 rings (SSSR count). The summed E-state index contributed by atoms with van der Waals surface area (Å²) in [6.07, 6.45) is 2.75. The Morgan fingerprint density at radius 1 is 1.12 bits per heavy atom. The number of aliphatic carboxylic acids is 2. The van der Waals surface area contributed by atoms with Gasteiger partial charge in [0.15, 0.2) is 0 Å². The Morgan fingerprint density at radius 3 is 2.24 bits per heavy atom. The van der Waals surface area contributed by atoms with Crippen LogP contribution >= 0.6 is 0 Å². The number of hydrogen-bond acceptors (Lipinski definition) is 4. The van der Waals surface area contributed by atoms with Gasteiger partial charge in [0.25, 0.3) is 0 Å². The average molecular weight is 235 g/mol. The predicted molar refractivity (Wildman–Crippen MR) is 58.4 cm³/mol. The van der Waals surface area contributed by atoms with Crippen LogP contribution in [0.2, 0.25) is 0 Å². The second-order valence-electron chi connectivity index (χ2n) is 2.88. The standard InChI is InChI=1S/C7H5NO.C4H4O4/c1-2-4-7-6(3-1)5-9-8-7;5-3(6)1-2-4(7)8/h1-5H;1-2H,(H,5,6)(H,7,8)/b;2-1+. The molecule has 0 aliphatic heterocycles. The number of rotatable bonds is 2. The minimum Gasteiger partial charge on any atom is -0.478 e. The Balaban J connectivity index is 0.000000172. The van der Waals surface area contributed by atoms with Gasteiger partial charge in [0.2, 0.25) is 0 Å². The Bertz CT molecular complexity index is 497. The van der Waals surface area contributed by atoms with Crippen molar-refractivity contribution in [1.29, 1.82) is 0 Å². The minimum absolute atomic E-state index is 0.558. The van der Waals surface area contributed by atoms with Crippen LogP contribution in [0.4, 0.5) is 0 Å². The molecule has 6 nitrogen and oxygen atoms in total. The summed E-state index contributed by atoms with van der Waals surface area (Å²) in [5.41, 5.74) is 0.914. The lowest BCUT2D eigenvalue weighted by molar-refractivity contribution is -0.134. The fourth-order valence-electron chi connectivity index (χ4n) is 0.953. The van der Waals surface area contributed by atoms with Crippen molar-refractivity contribution in [3.8, 4) is 0 Å². The summed E-state index contributed by atoms with van der Waals surface area (Å²) in [7, 11) is 0. The molecule has 1 aromatic heterocycles. The lowest BCUT2D eigenvalue weighted by atomic mass is 10.3. The number of fused-ring (bicyclic) bond motifs is 1. The summed E-state index contributed by atoms with van der Waals surface area (Å²) in [5, 5.41) is 20.4. The van der Waals surface area contributed by atoms with Crippen LogP contribution in [0.15, 0.2) is 47.2 Å². The molecule has 0 fully saturated rings. The quantitative estimate of drug-likeness (QED) is 0.765. The zero-order chi connectivity index (χ0) is 12.7. The highest BCUT2D eigenvalue weighted by Crippen LogP contribution is 2.09. The van der Waals surface area contributed by atoms with Gasteiger partial charge in [0.05, 0.1) is 0 Å². The van der Waals surface area contributed by atoms with E-state index in [1.807, 2.05) is 24.3 Å². The molecule has 0 aliphatic carbocycles. The van der Waals surface area contributed by atoms with Crippen molar-refractivity contribution in [3.05, 3.63) is 42.7 Å². The summed E-state index contributed by atoms with van der Waals surface area (Å²) < 4.78 is 4.71. The normalized spacial score (nSPS) is 9.88. The summed E-state index contributed by atoms with van der Waals surface area (Å²) >= 11 is 0. The van der Waals surface area contributed by atoms with Gasteiger partial charge in [-0.3, -0.25) is 0 Å². The van der Waals surface area contributed by atoms with Gasteiger partial charge in [0, 0.05) is 17.5 Å². The Kier molecular flexibility index (Phi) is 4.44. The fraction of sp³-hybridized carbons (Fsp3) is 0. The van der Waals surface area contributed by atoms with Crippen LogP contribution in [0.1, 0.15) is 0 Å². The van der Waals surface area contributed by atoms with E-state index in [2.05, 4.69) is 5.16 Å². The van der Waals surface area contributed by atoms with Crippen LogP contribution in [0.3, 0.4) is 0 Å². The van der Waals surface area contributed by atoms with Crippen molar-refractivity contribution in [2.75, 3.05) is 0 Å². The third kappa shape index (κ3) is 4.61. The molecular weight excluding hydrogens is 226 g/mol. The molecule has 2 aromatic rings. The van der Waals surface area contributed by atoms with Gasteiger partial charge in [0.1, 0.15) is 11.8 Å². The molecule has 88 valence electrons. The molecule has 6 heteroatoms. The first-order valence-corrected chi connectivity index (χ1v) is 4.52. The summed E-state index contributed by atoms with van der Waals surface area (Å²) in [6.45, 7) is 0. The number of carboxylic acid groups (broad SMARTS) is 2. The zero-order valence-electron chi connectivity index (χ0n) is 8.61. The third-order valence-corrected chi connectivity index (χ3v) is 1.64. The van der Waals surface area contributed by atoms with Crippen molar-refractivity contribution >= 4 is 22.8 Å². The number of hydrogen-bond donors (Lipinski definition) is 2. The average Bonchev–Trinajstić information content (AvgIpc) is 2.75. The number of nitrogens with zero attached hydrogens (tertiary/aromatic N) is 1. The lowest BCUT2D eigenvalue weighted by Gasteiger charge is -1.78. The van der Waals surface area contributed by atoms with E-state index in [-0.39, 0.29) is 0 Å². The molecule has 2 N–H and O–H groups in total. The van der Waals surface area contributed by atoms with Gasteiger partial charge in [-0.1, -0.05) is 17.3 Å². The van der Waals surface area contributed by atoms with Crippen molar-refractivity contribution in [2.24, 2.45) is 0 Å². The maximum atomic E-state index is 9.55. The van der Waals surface area contributed by atoms with Crippen LogP contribution in [-0.2, 0) is 9.59 Å². The van der Waals surface area contributed by atoms with E-state index in [1.165, 1.54) is 0 Å². The smallest absolute Gasteiger partial charge is 0.328 e. The van der Waals surface area contributed by atoms with Gasteiger partial charge in [-0.05, 0) is 12.1 Å². The van der Waals surface area contributed by atoms with E-state index in [4.69, 9.17) is 14.7 Å². The number of carboxylic acids is 2. The van der Waals surface area contributed by atoms with Crippen molar-refractivity contribution in [3.63, 3.8) is 0 Å². The van der Waals surface area contributed by atoms with Crippen molar-refractivity contribution in [2.45, 2.75) is 0 Å². The van der Waals surface area contributed by atoms with E-state index in [0.29, 0.717) is 12.2 Å². The SMILES string of the molecule is O=C(O)/C=C/C(=O)O.c1ccc2nocc2c1. The molecule has 0 bridgehead atoms. The molecule has 0 aliphatic rings. The maximum Gasteiger partial charge on any atom is 0.328 e. The summed E-state index contributed by atoms with van der Waals surface area (Å²) in [4.78, 5) is 19.1. The predicted octanol–water partition coefficient (Wildman–Crippen LogP) is 1.54. The molecule has 0 saturated heterocycles.